The van der Waals surface area contributed by atoms with E-state index in [1.807, 2.05) is 76.5 Å². The smallest absolute Gasteiger partial charge is 0.257 e. The minimum absolute atomic E-state index is 0.0794. The van der Waals surface area contributed by atoms with Crippen molar-refractivity contribution in [3.05, 3.63) is 296 Å². The highest BCUT2D eigenvalue weighted by Gasteiger charge is 2.40. The number of piperazine rings is 3. The fraction of sp³-hybridized carbons (Fsp3) is 0.430. The molecule has 2 aromatic heterocycles. The molecule has 16 nitrogen and oxygen atoms in total. The average molecular weight is 1460 g/mol. The number of rotatable bonds is 15. The Morgan fingerprint density at radius 3 is 0.807 bits per heavy atom. The van der Waals surface area contributed by atoms with E-state index in [4.69, 9.17) is 0 Å². The molecule has 6 aliphatic rings. The molecule has 0 saturated carbocycles. The van der Waals surface area contributed by atoms with Gasteiger partial charge in [0.2, 0.25) is 0 Å². The zero-order valence-electron chi connectivity index (χ0n) is 66.2. The Hall–Kier alpha value is -9.13. The summed E-state index contributed by atoms with van der Waals surface area (Å²) in [6.45, 7) is 35.1. The molecule has 6 aliphatic heterocycles. The van der Waals surface area contributed by atoms with Gasteiger partial charge in [-0.15, -0.1) is 0 Å². The van der Waals surface area contributed by atoms with E-state index in [9.17, 15) is 14.4 Å². The summed E-state index contributed by atoms with van der Waals surface area (Å²) >= 11 is 0. The number of hydrogen-bond donors (Lipinski definition) is 0. The minimum atomic E-state index is 0.0794. The quantitative estimate of drug-likeness (QED) is 0.0965. The monoisotopic (exact) mass is 1460 g/mol. The van der Waals surface area contributed by atoms with E-state index in [0.29, 0.717) is 47.4 Å². The average Bonchev–Trinajstić information content (AvgIpc) is 0.812. The van der Waals surface area contributed by atoms with Crippen molar-refractivity contribution in [2.75, 3.05) is 98.2 Å². The van der Waals surface area contributed by atoms with Crippen molar-refractivity contribution < 1.29 is 14.4 Å². The zero-order chi connectivity index (χ0) is 76.1. The first kappa shape index (κ1) is 78.0. The largest absolute Gasteiger partial charge is 0.339 e. The van der Waals surface area contributed by atoms with Crippen molar-refractivity contribution in [2.45, 2.75) is 162 Å². The van der Waals surface area contributed by atoms with Crippen LogP contribution in [0.1, 0.15) is 182 Å². The molecule has 3 amide bonds. The van der Waals surface area contributed by atoms with Crippen LogP contribution in [0.2, 0.25) is 0 Å². The Morgan fingerprint density at radius 1 is 0.303 bits per heavy atom. The Morgan fingerprint density at radius 2 is 0.550 bits per heavy atom. The molecule has 0 radical (unpaired) electrons. The molecule has 0 aliphatic carbocycles. The van der Waals surface area contributed by atoms with E-state index < -0.39 is 0 Å². The number of aryl methyl sites for hydroxylation is 7. The Kier molecular flexibility index (Phi) is 26.2. The van der Waals surface area contributed by atoms with Crippen LogP contribution in [0.3, 0.4) is 0 Å². The highest BCUT2D eigenvalue weighted by molar-refractivity contribution is 5.98. The highest BCUT2D eigenvalue weighted by atomic mass is 16.2. The molecule has 6 fully saturated rings. The van der Waals surface area contributed by atoms with Gasteiger partial charge in [-0.3, -0.25) is 43.8 Å². The van der Waals surface area contributed by atoms with Gasteiger partial charge in [0.1, 0.15) is 12.2 Å². The van der Waals surface area contributed by atoms with Gasteiger partial charge in [-0.1, -0.05) is 200 Å². The maximum absolute atomic E-state index is 13.3. The van der Waals surface area contributed by atoms with Gasteiger partial charge in [0.05, 0.1) is 52.0 Å². The topological polar surface area (TPSA) is 132 Å². The molecule has 0 N–H and O–H groups in total. The maximum atomic E-state index is 13.3. The molecule has 0 spiro atoms. The molecule has 0 unspecified atom stereocenters. The van der Waals surface area contributed by atoms with Crippen molar-refractivity contribution in [3.8, 4) is 0 Å². The van der Waals surface area contributed by atoms with Crippen LogP contribution in [0.5, 0.6) is 0 Å². The van der Waals surface area contributed by atoms with Gasteiger partial charge in [0.15, 0.2) is 0 Å². The molecular weight excluding hydrogens is 1350 g/mol. The summed E-state index contributed by atoms with van der Waals surface area (Å²) in [6, 6.07) is 75.3. The standard InChI is InChI=1S/C32H39N3O.C31H39N5O.C30H37N5O/c1-24-11-10-12-25(2)30(24)32(36)33-19-17-29(18-20-33)34-21-22-35(26(3)23-34)31(27-13-6-4-7-14-27)28-15-8-5-9-16-28;1-22-21-35(19-20-36(22)30(26-11-7-5-8-12-26)27-13-9-6-10-14-27)28-15-17-34(18-16-28)31(37)29-23(2)32-25(4)33-24(29)3;1-22-20-34(27-14-16-33(17-15-27)30(36)28-23(2)31-21-32-24(28)3)18-19-35(22)29(25-10-6-4-7-11-25)26-12-8-5-9-13-26/h4-16,26,29,31H,17-23H2,1-3H3;5-14,22,28,30H,15-21H2,1-4H3;4-13,21-22,27,29H,14-20H2,1-3H3/t26-;2*22-/m000/s1. The van der Waals surface area contributed by atoms with E-state index >= 15 is 0 Å². The number of likely N-dealkylation sites (tertiary alicyclic amines) is 3. The lowest BCUT2D eigenvalue weighted by Crippen LogP contribution is -2.57. The van der Waals surface area contributed by atoms with Crippen molar-refractivity contribution in [2.24, 2.45) is 0 Å². The number of carbonyl (C=O) groups is 3. The van der Waals surface area contributed by atoms with E-state index in [1.54, 1.807) is 0 Å². The molecule has 8 heterocycles. The van der Waals surface area contributed by atoms with Gasteiger partial charge < -0.3 is 14.7 Å². The number of benzene rings is 7. The normalized spacial score (nSPS) is 20.0. The molecule has 570 valence electrons. The zero-order valence-corrected chi connectivity index (χ0v) is 66.2. The molecule has 16 heteroatoms. The Labute approximate surface area is 649 Å². The van der Waals surface area contributed by atoms with Crippen molar-refractivity contribution in [3.63, 3.8) is 0 Å². The number of hydrogen-bond acceptors (Lipinski definition) is 13. The summed E-state index contributed by atoms with van der Waals surface area (Å²) < 4.78 is 0. The van der Waals surface area contributed by atoms with Crippen LogP contribution in [-0.2, 0) is 0 Å². The molecule has 0 bridgehead atoms. The minimum Gasteiger partial charge on any atom is -0.339 e. The third-order valence-corrected chi connectivity index (χ3v) is 24.4. The summed E-state index contributed by atoms with van der Waals surface area (Å²) in [4.78, 5) is 79.2. The van der Waals surface area contributed by atoms with Gasteiger partial charge >= 0.3 is 0 Å². The second-order valence-electron chi connectivity index (χ2n) is 31.5. The third kappa shape index (κ3) is 18.5. The summed E-state index contributed by atoms with van der Waals surface area (Å²) in [6.07, 6.45) is 7.73. The lowest BCUT2D eigenvalue weighted by molar-refractivity contribution is 0.0171. The van der Waals surface area contributed by atoms with Crippen molar-refractivity contribution in [1.29, 1.82) is 0 Å². The number of nitrogens with zero attached hydrogens (tertiary/aromatic N) is 13. The predicted octanol–water partition coefficient (Wildman–Crippen LogP) is 15.0. The van der Waals surface area contributed by atoms with Crippen LogP contribution < -0.4 is 0 Å². The first-order valence-electron chi connectivity index (χ1n) is 40.3. The fourth-order valence-corrected chi connectivity index (χ4v) is 18.7. The summed E-state index contributed by atoms with van der Waals surface area (Å²) in [7, 11) is 0. The number of piperidine rings is 3. The highest BCUT2D eigenvalue weighted by Crippen LogP contribution is 2.38. The van der Waals surface area contributed by atoms with Gasteiger partial charge in [0.25, 0.3) is 17.7 Å². The summed E-state index contributed by atoms with van der Waals surface area (Å²) in [5.74, 6) is 1.09. The van der Waals surface area contributed by atoms with Crippen LogP contribution in [0.4, 0.5) is 0 Å². The molecule has 3 atom stereocenters. The van der Waals surface area contributed by atoms with Crippen molar-refractivity contribution >= 4 is 17.7 Å². The number of aromatic nitrogens is 4. The second-order valence-corrected chi connectivity index (χ2v) is 31.5. The van der Waals surface area contributed by atoms with Gasteiger partial charge in [-0.05, 0) is 152 Å². The van der Waals surface area contributed by atoms with E-state index in [1.165, 1.54) is 39.7 Å². The van der Waals surface area contributed by atoms with Gasteiger partial charge in [0, 0.05) is 140 Å². The van der Waals surface area contributed by atoms with Crippen LogP contribution in [0.25, 0.3) is 0 Å². The number of amides is 3. The molecular formula is C93H115N13O3. The first-order valence-corrected chi connectivity index (χ1v) is 40.3. The lowest BCUT2D eigenvalue weighted by atomic mass is 9.93. The van der Waals surface area contributed by atoms with E-state index in [2.05, 4.69) is 257 Å². The van der Waals surface area contributed by atoms with Crippen LogP contribution in [0.15, 0.2) is 207 Å². The fourth-order valence-electron chi connectivity index (χ4n) is 18.7. The van der Waals surface area contributed by atoms with E-state index in [0.717, 1.165) is 182 Å². The van der Waals surface area contributed by atoms with Crippen LogP contribution >= 0.6 is 0 Å². The summed E-state index contributed by atoms with van der Waals surface area (Å²) in [5.41, 5.74) is 15.7. The number of carbonyl (C=O) groups excluding carboxylic acids is 3. The second kappa shape index (κ2) is 36.6. The van der Waals surface area contributed by atoms with Crippen LogP contribution in [0, 0.1) is 48.5 Å². The van der Waals surface area contributed by atoms with E-state index in [-0.39, 0.29) is 35.8 Å². The Balaban J connectivity index is 0.000000144. The lowest BCUT2D eigenvalue weighted by Gasteiger charge is -2.48. The third-order valence-electron chi connectivity index (χ3n) is 24.4. The molecule has 6 saturated heterocycles. The molecule has 15 rings (SSSR count). The molecule has 9 aromatic rings. The Bertz CT molecular complexity index is 4050. The molecule has 109 heavy (non-hydrogen) atoms. The molecule has 7 aromatic carbocycles. The predicted molar refractivity (Wildman–Crippen MR) is 438 cm³/mol. The van der Waals surface area contributed by atoms with Gasteiger partial charge in [-0.2, -0.15) is 0 Å². The van der Waals surface area contributed by atoms with Crippen LogP contribution in [-0.4, -0.2) is 216 Å². The van der Waals surface area contributed by atoms with Crippen molar-refractivity contribution in [1.82, 2.24) is 64.0 Å². The first-order chi connectivity index (χ1) is 53.0. The SMILES string of the molecule is Cc1cccc(C)c1C(=O)N1CCC(N2CCN(C(c3ccccc3)c3ccccc3)[C@@H](C)C2)CC1.Cc1nc(C)c(C(=O)N2CCC(N3CCN(C(c4ccccc4)c4ccccc4)[C@@H](C)C3)CC2)c(C)n1.Cc1ncnc(C)c1C(=O)N1CCC(N2CCN(C(c3ccccc3)c3ccccc3)[C@@H](C)C2)CC1. The maximum Gasteiger partial charge on any atom is 0.257 e. The summed E-state index contributed by atoms with van der Waals surface area (Å²) in [5, 5.41) is 0. The van der Waals surface area contributed by atoms with Gasteiger partial charge in [-0.25, -0.2) is 19.9 Å².